The Balaban J connectivity index is 1.12. The molecule has 4 aliphatic rings. The average Bonchev–Trinajstić information content (AvgIpc) is 3.53. The van der Waals surface area contributed by atoms with Crippen LogP contribution in [0.25, 0.3) is 12.2 Å². The molecule has 2 saturated heterocycles. The van der Waals surface area contributed by atoms with E-state index in [2.05, 4.69) is 0 Å². The van der Waals surface area contributed by atoms with Gasteiger partial charge in [-0.1, -0.05) is 66.3 Å². The zero-order valence-electron chi connectivity index (χ0n) is 29.1. The Hall–Kier alpha value is -5.96. The summed E-state index contributed by atoms with van der Waals surface area (Å²) in [6.07, 6.45) is 6.45. The first-order chi connectivity index (χ1) is 25.1. The highest BCUT2D eigenvalue weighted by atomic mass is 16.5. The van der Waals surface area contributed by atoms with E-state index in [9.17, 15) is 24.3 Å². The third kappa shape index (κ3) is 5.05. The number of phenolic OH excluding ortho intramolecular Hbond substituents is 1. The summed E-state index contributed by atoms with van der Waals surface area (Å²) in [7, 11) is 3.21. The first-order valence-electron chi connectivity index (χ1n) is 17.5. The van der Waals surface area contributed by atoms with Crippen LogP contribution >= 0.6 is 0 Å². The van der Waals surface area contributed by atoms with E-state index in [1.54, 1.807) is 68.8 Å². The number of fused-ring (bicyclic) bond motifs is 4. The van der Waals surface area contributed by atoms with Gasteiger partial charge in [-0.2, -0.15) is 0 Å². The van der Waals surface area contributed by atoms with Crippen LogP contribution in [0.15, 0.2) is 109 Å². The molecule has 4 amide bonds. The van der Waals surface area contributed by atoms with E-state index in [0.717, 1.165) is 16.7 Å². The van der Waals surface area contributed by atoms with E-state index in [4.69, 9.17) is 9.47 Å². The van der Waals surface area contributed by atoms with Crippen molar-refractivity contribution in [3.8, 4) is 17.2 Å². The first kappa shape index (κ1) is 33.2. The number of methoxy groups -OCH3 is 2. The molecule has 9 nitrogen and oxygen atoms in total. The average molecular weight is 695 g/mol. The van der Waals surface area contributed by atoms with Crippen LogP contribution < -0.4 is 19.3 Å². The van der Waals surface area contributed by atoms with Crippen LogP contribution in [0.4, 0.5) is 11.4 Å². The Morgan fingerprint density at radius 1 is 0.750 bits per heavy atom. The fraction of sp³-hybridized carbons (Fsp3) is 0.256. The van der Waals surface area contributed by atoms with Crippen molar-refractivity contribution < 1.29 is 33.8 Å². The smallest absolute Gasteiger partial charge is 0.241 e. The quantitative estimate of drug-likeness (QED) is 0.126. The summed E-state index contributed by atoms with van der Waals surface area (Å²) in [5.41, 5.74) is 3.08. The molecule has 4 aromatic rings. The van der Waals surface area contributed by atoms with Crippen molar-refractivity contribution in [2.75, 3.05) is 24.0 Å². The molecule has 6 unspecified atom stereocenters. The molecule has 2 heterocycles. The number of hydrogen-bond acceptors (Lipinski definition) is 7. The minimum absolute atomic E-state index is 0.0463. The molecule has 0 spiro atoms. The topological polar surface area (TPSA) is 113 Å². The summed E-state index contributed by atoms with van der Waals surface area (Å²) in [6, 6.07) is 28.5. The maximum Gasteiger partial charge on any atom is 0.241 e. The van der Waals surface area contributed by atoms with Gasteiger partial charge in [-0.15, -0.1) is 0 Å². The Kier molecular flexibility index (Phi) is 8.09. The maximum atomic E-state index is 14.5. The van der Waals surface area contributed by atoms with Crippen molar-refractivity contribution in [3.63, 3.8) is 0 Å². The number of benzene rings is 4. The summed E-state index contributed by atoms with van der Waals surface area (Å²) in [4.78, 5) is 59.9. The lowest BCUT2D eigenvalue weighted by atomic mass is 9.51. The molecular weight excluding hydrogens is 656 g/mol. The highest BCUT2D eigenvalue weighted by Crippen LogP contribution is 2.63. The van der Waals surface area contributed by atoms with Crippen LogP contribution in [-0.4, -0.2) is 43.0 Å². The number of carbonyl (C=O) groups excluding carboxylic acids is 4. The van der Waals surface area contributed by atoms with E-state index in [0.29, 0.717) is 34.9 Å². The number of para-hydroxylation sites is 1. The molecule has 52 heavy (non-hydrogen) atoms. The Labute approximate surface area is 301 Å². The Morgan fingerprint density at radius 2 is 1.50 bits per heavy atom. The van der Waals surface area contributed by atoms with Crippen LogP contribution in [0, 0.1) is 29.1 Å². The van der Waals surface area contributed by atoms with Crippen LogP contribution in [0.1, 0.15) is 42.4 Å². The summed E-state index contributed by atoms with van der Waals surface area (Å²) >= 11 is 0. The third-order valence-electron chi connectivity index (χ3n) is 11.5. The number of rotatable bonds is 7. The number of anilines is 2. The normalized spacial score (nSPS) is 26.7. The number of nitrogens with zero attached hydrogens (tertiary/aromatic N) is 2. The second kappa shape index (κ2) is 12.7. The molecule has 1 saturated carbocycles. The number of hydrogen-bond donors (Lipinski definition) is 1. The zero-order valence-corrected chi connectivity index (χ0v) is 29.1. The van der Waals surface area contributed by atoms with Crippen molar-refractivity contribution in [1.82, 2.24) is 0 Å². The second-order valence-electron chi connectivity index (χ2n) is 14.1. The standard InChI is InChI=1S/C43H38N2O7/c1-43-35(40(48)45(42(43)50)28-9-5-4-6-10-28)24-34-32(38(43)27-8-7-11-30(46)22-27)19-20-33-37(34)41(49)44(39(33)47)29-16-13-25(14-17-29)12-15-26-23-31(51-2)18-21-36(26)52-3/h4-19,21-23,33-35,37-38,46H,20,24H2,1-3H3. The van der Waals surface area contributed by atoms with Crippen LogP contribution in [0.5, 0.6) is 17.2 Å². The molecule has 1 N–H and O–H groups in total. The van der Waals surface area contributed by atoms with E-state index >= 15 is 0 Å². The molecule has 262 valence electrons. The van der Waals surface area contributed by atoms with Gasteiger partial charge >= 0.3 is 0 Å². The molecule has 6 atom stereocenters. The number of imide groups is 2. The second-order valence-corrected chi connectivity index (χ2v) is 14.1. The minimum Gasteiger partial charge on any atom is -0.508 e. The first-order valence-corrected chi connectivity index (χ1v) is 17.5. The van der Waals surface area contributed by atoms with Crippen molar-refractivity contribution in [2.24, 2.45) is 29.1 Å². The highest BCUT2D eigenvalue weighted by Gasteiger charge is 2.67. The molecular formula is C43H38N2O7. The van der Waals surface area contributed by atoms with Gasteiger partial charge in [-0.05, 0) is 91.4 Å². The van der Waals surface area contributed by atoms with Gasteiger partial charge in [0.15, 0.2) is 0 Å². The van der Waals surface area contributed by atoms with Crippen LogP contribution in [0.3, 0.4) is 0 Å². The fourth-order valence-electron chi connectivity index (χ4n) is 9.07. The number of phenols is 1. The lowest BCUT2D eigenvalue weighted by Gasteiger charge is -2.49. The van der Waals surface area contributed by atoms with E-state index < -0.39 is 35.0 Å². The van der Waals surface area contributed by atoms with Gasteiger partial charge in [0.2, 0.25) is 23.6 Å². The molecule has 8 rings (SSSR count). The molecule has 3 fully saturated rings. The Bertz CT molecular complexity index is 2180. The summed E-state index contributed by atoms with van der Waals surface area (Å²) in [6.45, 7) is 1.84. The van der Waals surface area contributed by atoms with Crippen molar-refractivity contribution in [2.45, 2.75) is 25.7 Å². The van der Waals surface area contributed by atoms with Gasteiger partial charge in [-0.25, -0.2) is 4.90 Å². The van der Waals surface area contributed by atoms with E-state index in [1.807, 2.05) is 67.6 Å². The lowest BCUT2D eigenvalue weighted by molar-refractivity contribution is -0.131. The van der Waals surface area contributed by atoms with Gasteiger partial charge in [-0.3, -0.25) is 24.1 Å². The predicted molar refractivity (Wildman–Crippen MR) is 197 cm³/mol. The van der Waals surface area contributed by atoms with Gasteiger partial charge < -0.3 is 14.6 Å². The number of amides is 4. The van der Waals surface area contributed by atoms with Crippen molar-refractivity contribution in [1.29, 1.82) is 0 Å². The largest absolute Gasteiger partial charge is 0.508 e. The monoisotopic (exact) mass is 694 g/mol. The molecule has 9 heteroatoms. The maximum absolute atomic E-state index is 14.5. The van der Waals surface area contributed by atoms with E-state index in [-0.39, 0.29) is 35.8 Å². The Morgan fingerprint density at radius 3 is 2.21 bits per heavy atom. The van der Waals surface area contributed by atoms with E-state index in [1.165, 1.54) is 9.80 Å². The lowest BCUT2D eigenvalue weighted by Crippen LogP contribution is -2.48. The van der Waals surface area contributed by atoms with Crippen LogP contribution in [-0.2, 0) is 19.2 Å². The molecule has 2 aliphatic heterocycles. The fourth-order valence-corrected chi connectivity index (χ4v) is 9.07. The van der Waals surface area contributed by atoms with Crippen molar-refractivity contribution >= 4 is 47.2 Å². The van der Waals surface area contributed by atoms with Gasteiger partial charge in [0.05, 0.1) is 48.8 Å². The number of allylic oxidation sites excluding steroid dienone is 2. The number of carbonyl (C=O) groups is 4. The van der Waals surface area contributed by atoms with Gasteiger partial charge in [0, 0.05) is 11.5 Å². The van der Waals surface area contributed by atoms with Crippen LogP contribution in [0.2, 0.25) is 0 Å². The molecule has 0 aromatic heterocycles. The van der Waals surface area contributed by atoms with Gasteiger partial charge in [0.25, 0.3) is 0 Å². The molecule has 2 aliphatic carbocycles. The number of aromatic hydroxyl groups is 1. The number of ether oxygens (including phenoxy) is 2. The van der Waals surface area contributed by atoms with Crippen molar-refractivity contribution in [3.05, 3.63) is 125 Å². The third-order valence-corrected chi connectivity index (χ3v) is 11.5. The molecule has 0 bridgehead atoms. The highest BCUT2D eigenvalue weighted by molar-refractivity contribution is 6.25. The molecule has 0 radical (unpaired) electrons. The minimum atomic E-state index is -1.17. The predicted octanol–water partition coefficient (Wildman–Crippen LogP) is 7.02. The summed E-state index contributed by atoms with van der Waals surface area (Å²) in [5.74, 6) is -2.78. The molecule has 4 aromatic carbocycles. The summed E-state index contributed by atoms with van der Waals surface area (Å²) in [5, 5.41) is 10.6. The zero-order chi connectivity index (χ0) is 36.3. The summed E-state index contributed by atoms with van der Waals surface area (Å²) < 4.78 is 10.8. The SMILES string of the molecule is COc1ccc(OC)c(C=Cc2ccc(N3C(=O)C4CC=C5C(CC6C(=O)N(c7ccccc7)C(=O)C6(C)C5c5cccc(O)c5)C4C3=O)cc2)c1. The van der Waals surface area contributed by atoms with Gasteiger partial charge in [0.1, 0.15) is 17.2 Å².